The maximum atomic E-state index is 13.0. The molecule has 0 radical (unpaired) electrons. The van der Waals surface area contributed by atoms with Gasteiger partial charge in [0.05, 0.1) is 11.6 Å². The Morgan fingerprint density at radius 1 is 1.07 bits per heavy atom. The van der Waals surface area contributed by atoms with E-state index in [-0.39, 0.29) is 11.9 Å². The van der Waals surface area contributed by atoms with E-state index in [4.69, 9.17) is 12.2 Å². The molecule has 0 fully saturated rings. The van der Waals surface area contributed by atoms with Gasteiger partial charge in [-0.05, 0) is 62.8 Å². The average molecular weight is 395 g/mol. The van der Waals surface area contributed by atoms with Gasteiger partial charge in [-0.2, -0.15) is 0 Å². The van der Waals surface area contributed by atoms with Crippen molar-refractivity contribution in [3.63, 3.8) is 0 Å². The van der Waals surface area contributed by atoms with E-state index in [0.29, 0.717) is 10.7 Å². The molecular weight excluding hydrogens is 368 g/mol. The monoisotopic (exact) mass is 394 g/mol. The number of carbonyl (C=O) groups excluding carboxylic acids is 1. The molecule has 0 aliphatic carbocycles. The number of rotatable bonds is 6. The van der Waals surface area contributed by atoms with E-state index in [0.717, 1.165) is 30.0 Å². The van der Waals surface area contributed by atoms with Crippen molar-refractivity contribution in [3.8, 4) is 0 Å². The number of allylic oxidation sites excluding steroid dienone is 1. The number of carbonyl (C=O) groups is 1. The van der Waals surface area contributed by atoms with Crippen LogP contribution in [0.15, 0.2) is 65.9 Å². The number of anilines is 2. The fourth-order valence-electron chi connectivity index (χ4n) is 3.43. The predicted octanol–water partition coefficient (Wildman–Crippen LogP) is 3.96. The van der Waals surface area contributed by atoms with Gasteiger partial charge in [0.2, 0.25) is 0 Å². The summed E-state index contributed by atoms with van der Waals surface area (Å²) < 4.78 is 0. The van der Waals surface area contributed by atoms with Crippen LogP contribution in [0.1, 0.15) is 32.4 Å². The third-order valence-electron chi connectivity index (χ3n) is 4.90. The molecule has 0 spiro atoms. The van der Waals surface area contributed by atoms with Crippen molar-refractivity contribution < 1.29 is 4.79 Å². The van der Waals surface area contributed by atoms with Crippen LogP contribution < -0.4 is 20.9 Å². The number of hydrogen-bond acceptors (Lipinski definition) is 3. The first kappa shape index (κ1) is 19.9. The minimum absolute atomic E-state index is 0.149. The Morgan fingerprint density at radius 2 is 1.71 bits per heavy atom. The molecule has 146 valence electrons. The first-order valence-electron chi connectivity index (χ1n) is 9.53. The molecule has 1 amide bonds. The Bertz CT molecular complexity index is 873. The van der Waals surface area contributed by atoms with Gasteiger partial charge in [0, 0.05) is 30.2 Å². The van der Waals surface area contributed by atoms with Gasteiger partial charge in [0.15, 0.2) is 5.11 Å². The summed E-state index contributed by atoms with van der Waals surface area (Å²) in [6.07, 6.45) is 0. The zero-order valence-electron chi connectivity index (χ0n) is 16.5. The molecule has 0 saturated carbocycles. The highest BCUT2D eigenvalue weighted by Gasteiger charge is 2.30. The highest BCUT2D eigenvalue weighted by atomic mass is 32.1. The molecule has 6 heteroatoms. The van der Waals surface area contributed by atoms with E-state index in [1.54, 1.807) is 0 Å². The number of thiocarbonyl (C=S) groups is 1. The van der Waals surface area contributed by atoms with Crippen molar-refractivity contribution in [2.45, 2.75) is 26.8 Å². The summed E-state index contributed by atoms with van der Waals surface area (Å²) in [5.41, 5.74) is 4.32. The van der Waals surface area contributed by atoms with Crippen LogP contribution in [-0.2, 0) is 4.79 Å². The number of nitrogens with one attached hydrogen (secondary N) is 3. The van der Waals surface area contributed by atoms with Crippen LogP contribution in [0.4, 0.5) is 11.4 Å². The third kappa shape index (κ3) is 4.34. The van der Waals surface area contributed by atoms with Crippen LogP contribution in [-0.4, -0.2) is 24.1 Å². The minimum Gasteiger partial charge on any atom is -0.372 e. The van der Waals surface area contributed by atoms with Gasteiger partial charge in [-0.3, -0.25) is 4.79 Å². The molecule has 1 atom stereocenters. The van der Waals surface area contributed by atoms with Gasteiger partial charge < -0.3 is 20.9 Å². The van der Waals surface area contributed by atoms with Crippen LogP contribution in [0.2, 0.25) is 0 Å². The summed E-state index contributed by atoms with van der Waals surface area (Å²) in [6.45, 7) is 8.07. The quantitative estimate of drug-likeness (QED) is 0.648. The molecule has 2 aromatic carbocycles. The molecule has 2 aromatic rings. The van der Waals surface area contributed by atoms with Crippen molar-refractivity contribution in [1.82, 2.24) is 10.6 Å². The highest BCUT2D eigenvalue weighted by molar-refractivity contribution is 7.80. The molecule has 1 aliphatic rings. The van der Waals surface area contributed by atoms with Crippen LogP contribution in [0.25, 0.3) is 0 Å². The predicted molar refractivity (Wildman–Crippen MR) is 119 cm³/mol. The van der Waals surface area contributed by atoms with Gasteiger partial charge >= 0.3 is 0 Å². The molecule has 0 aromatic heterocycles. The lowest BCUT2D eigenvalue weighted by Crippen LogP contribution is -2.45. The summed E-state index contributed by atoms with van der Waals surface area (Å²) in [4.78, 5) is 15.3. The molecular formula is C22H26N4OS. The van der Waals surface area contributed by atoms with Gasteiger partial charge in [-0.25, -0.2) is 0 Å². The summed E-state index contributed by atoms with van der Waals surface area (Å²) in [6, 6.07) is 17.5. The number of benzene rings is 2. The molecule has 5 nitrogen and oxygen atoms in total. The second kappa shape index (κ2) is 8.89. The van der Waals surface area contributed by atoms with Gasteiger partial charge in [0.1, 0.15) is 0 Å². The summed E-state index contributed by atoms with van der Waals surface area (Å²) >= 11 is 5.34. The lowest BCUT2D eigenvalue weighted by Gasteiger charge is -2.31. The highest BCUT2D eigenvalue weighted by Crippen LogP contribution is 2.29. The van der Waals surface area contributed by atoms with Gasteiger partial charge in [0.25, 0.3) is 5.91 Å². The summed E-state index contributed by atoms with van der Waals surface area (Å²) in [5.74, 6) is -0.149. The molecule has 28 heavy (non-hydrogen) atoms. The lowest BCUT2D eigenvalue weighted by atomic mass is 9.94. The van der Waals surface area contributed by atoms with Crippen LogP contribution in [0, 0.1) is 0 Å². The van der Waals surface area contributed by atoms with E-state index in [1.807, 2.05) is 37.3 Å². The molecule has 0 saturated heterocycles. The molecule has 3 rings (SSSR count). The van der Waals surface area contributed by atoms with Crippen LogP contribution >= 0.6 is 12.2 Å². The maximum absolute atomic E-state index is 13.0. The first-order valence-corrected chi connectivity index (χ1v) is 9.93. The number of amides is 1. The molecule has 1 heterocycles. The molecule has 3 N–H and O–H groups in total. The van der Waals surface area contributed by atoms with Crippen LogP contribution in [0.5, 0.6) is 0 Å². The Hall–Kier alpha value is -2.86. The number of nitrogens with zero attached hydrogens (tertiary/aromatic N) is 1. The largest absolute Gasteiger partial charge is 0.372 e. The van der Waals surface area contributed by atoms with E-state index in [2.05, 4.69) is 59.0 Å². The second-order valence-corrected chi connectivity index (χ2v) is 7.06. The van der Waals surface area contributed by atoms with Crippen molar-refractivity contribution in [3.05, 3.63) is 71.4 Å². The fraction of sp³-hybridized carbons (Fsp3) is 0.273. The van der Waals surface area contributed by atoms with Crippen molar-refractivity contribution in [1.29, 1.82) is 0 Å². The van der Waals surface area contributed by atoms with Crippen molar-refractivity contribution in [2.75, 3.05) is 23.3 Å². The second-order valence-electron chi connectivity index (χ2n) is 6.65. The third-order valence-corrected chi connectivity index (χ3v) is 5.12. The number of para-hydroxylation sites is 1. The first-order chi connectivity index (χ1) is 13.5. The van der Waals surface area contributed by atoms with Crippen molar-refractivity contribution in [2.24, 2.45) is 0 Å². The summed E-state index contributed by atoms with van der Waals surface area (Å²) in [5, 5.41) is 9.82. The summed E-state index contributed by atoms with van der Waals surface area (Å²) in [7, 11) is 0. The van der Waals surface area contributed by atoms with Gasteiger partial charge in [-0.15, -0.1) is 0 Å². The standard InChI is InChI=1S/C22H26N4OS/c1-4-26(5-2)18-13-11-16(12-14-18)20-19(15(3)23-22(28)25-20)21(27)24-17-9-7-6-8-10-17/h6-14,20H,4-5H2,1-3H3,(H,24,27)(H2,23,25,28). The Morgan fingerprint density at radius 3 is 2.32 bits per heavy atom. The molecule has 0 bridgehead atoms. The van der Waals surface area contributed by atoms with Crippen molar-refractivity contribution >= 4 is 34.6 Å². The van der Waals surface area contributed by atoms with Gasteiger partial charge in [-0.1, -0.05) is 30.3 Å². The Labute approximate surface area is 171 Å². The molecule has 1 aliphatic heterocycles. The van der Waals surface area contributed by atoms with E-state index >= 15 is 0 Å². The van der Waals surface area contributed by atoms with E-state index < -0.39 is 0 Å². The average Bonchev–Trinajstić information content (AvgIpc) is 2.69. The Balaban J connectivity index is 1.90. The smallest absolute Gasteiger partial charge is 0.255 e. The zero-order chi connectivity index (χ0) is 20.1. The number of hydrogen-bond donors (Lipinski definition) is 3. The topological polar surface area (TPSA) is 56.4 Å². The van der Waals surface area contributed by atoms with Crippen LogP contribution in [0.3, 0.4) is 0 Å². The van der Waals surface area contributed by atoms with E-state index in [9.17, 15) is 4.79 Å². The zero-order valence-corrected chi connectivity index (χ0v) is 17.3. The SMILES string of the molecule is CCN(CC)c1ccc(C2NC(=S)NC(C)=C2C(=O)Nc2ccccc2)cc1. The molecule has 1 unspecified atom stereocenters. The lowest BCUT2D eigenvalue weighted by molar-refractivity contribution is -0.113. The fourth-order valence-corrected chi connectivity index (χ4v) is 3.70. The minimum atomic E-state index is -0.303. The normalized spacial score (nSPS) is 16.2. The Kier molecular flexibility index (Phi) is 6.31. The maximum Gasteiger partial charge on any atom is 0.255 e. The van der Waals surface area contributed by atoms with E-state index in [1.165, 1.54) is 5.69 Å².